The number of hydrogen-bond donors (Lipinski definition) is 1. The third-order valence-corrected chi connectivity index (χ3v) is 1.81. The lowest BCUT2D eigenvalue weighted by atomic mass is 10.3. The fourth-order valence-corrected chi connectivity index (χ4v) is 1.14. The van der Waals surface area contributed by atoms with Crippen LogP contribution in [0.15, 0.2) is 10.6 Å². The molecule has 6 heteroatoms. The second-order valence-corrected chi connectivity index (χ2v) is 3.12. The molecule has 1 rings (SSSR count). The van der Waals surface area contributed by atoms with E-state index in [1.165, 1.54) is 6.07 Å². The number of primary amides is 1. The summed E-state index contributed by atoms with van der Waals surface area (Å²) in [7, 11) is 0. The average Bonchev–Trinajstić information content (AvgIpc) is 2.59. The van der Waals surface area contributed by atoms with Crippen molar-refractivity contribution in [1.82, 2.24) is 10.1 Å². The number of hydrogen-bond acceptors (Lipinski definition) is 4. The molecular weight excluding hydrogens is 198 g/mol. The van der Waals surface area contributed by atoms with Gasteiger partial charge in [0.1, 0.15) is 5.76 Å². The smallest absolute Gasteiger partial charge is 0.321 e. The summed E-state index contributed by atoms with van der Waals surface area (Å²) in [6.07, 6.45) is 0.644. The van der Waals surface area contributed by atoms with E-state index in [1.54, 1.807) is 6.92 Å². The molecule has 0 saturated carbocycles. The van der Waals surface area contributed by atoms with Crippen molar-refractivity contribution in [2.45, 2.75) is 20.3 Å². The SMILES string of the molecule is CCCN(C(N)=O)C(=O)c1cc(C)on1. The highest BCUT2D eigenvalue weighted by atomic mass is 16.5. The Morgan fingerprint density at radius 2 is 2.27 bits per heavy atom. The van der Waals surface area contributed by atoms with E-state index in [9.17, 15) is 9.59 Å². The summed E-state index contributed by atoms with van der Waals surface area (Å²) in [5.74, 6) is -0.0135. The molecule has 0 aliphatic rings. The number of imide groups is 1. The average molecular weight is 211 g/mol. The molecule has 3 amide bonds. The topological polar surface area (TPSA) is 89.4 Å². The highest BCUT2D eigenvalue weighted by Crippen LogP contribution is 2.06. The van der Waals surface area contributed by atoms with Gasteiger partial charge in [-0.15, -0.1) is 0 Å². The summed E-state index contributed by atoms with van der Waals surface area (Å²) in [5.41, 5.74) is 5.17. The van der Waals surface area contributed by atoms with Crippen LogP contribution >= 0.6 is 0 Å². The molecule has 0 aromatic carbocycles. The van der Waals surface area contributed by atoms with Crippen molar-refractivity contribution in [3.63, 3.8) is 0 Å². The van der Waals surface area contributed by atoms with Gasteiger partial charge in [0.2, 0.25) is 0 Å². The molecule has 1 aromatic rings. The third-order valence-electron chi connectivity index (χ3n) is 1.81. The van der Waals surface area contributed by atoms with Crippen LogP contribution in [0.3, 0.4) is 0 Å². The molecule has 1 aromatic heterocycles. The molecule has 0 fully saturated rings. The van der Waals surface area contributed by atoms with Crippen LogP contribution in [0.25, 0.3) is 0 Å². The van der Waals surface area contributed by atoms with E-state index in [0.717, 1.165) is 4.90 Å². The number of carbonyl (C=O) groups is 2. The summed E-state index contributed by atoms with van der Waals surface area (Å²) in [4.78, 5) is 23.6. The standard InChI is InChI=1S/C9H13N3O3/c1-3-4-12(9(10)14)8(13)7-5-6(2)15-11-7/h5H,3-4H2,1-2H3,(H2,10,14). The highest BCUT2D eigenvalue weighted by molar-refractivity contribution is 6.02. The molecule has 82 valence electrons. The third kappa shape index (κ3) is 2.55. The summed E-state index contributed by atoms with van der Waals surface area (Å²) in [5, 5.41) is 3.53. The van der Waals surface area contributed by atoms with Crippen LogP contribution in [0.1, 0.15) is 29.6 Å². The van der Waals surface area contributed by atoms with Crippen molar-refractivity contribution in [1.29, 1.82) is 0 Å². The molecule has 2 N–H and O–H groups in total. The Kier molecular flexibility index (Phi) is 3.43. The van der Waals surface area contributed by atoms with Crippen molar-refractivity contribution in [3.05, 3.63) is 17.5 Å². The van der Waals surface area contributed by atoms with Gasteiger partial charge in [-0.3, -0.25) is 9.69 Å². The molecule has 0 unspecified atom stereocenters. The van der Waals surface area contributed by atoms with Crippen molar-refractivity contribution in [2.75, 3.05) is 6.54 Å². The van der Waals surface area contributed by atoms with Crippen molar-refractivity contribution < 1.29 is 14.1 Å². The molecule has 0 spiro atoms. The van der Waals surface area contributed by atoms with Crippen molar-refractivity contribution in [2.24, 2.45) is 5.73 Å². The maximum Gasteiger partial charge on any atom is 0.321 e. The largest absolute Gasteiger partial charge is 0.361 e. The van der Waals surface area contributed by atoms with Gasteiger partial charge in [0.05, 0.1) is 0 Å². The summed E-state index contributed by atoms with van der Waals surface area (Å²) < 4.78 is 4.74. The number of carbonyl (C=O) groups excluding carboxylic acids is 2. The minimum Gasteiger partial charge on any atom is -0.361 e. The van der Waals surface area contributed by atoms with Crippen LogP contribution < -0.4 is 5.73 Å². The Morgan fingerprint density at radius 1 is 1.60 bits per heavy atom. The minimum absolute atomic E-state index is 0.0970. The van der Waals surface area contributed by atoms with E-state index < -0.39 is 11.9 Å². The predicted octanol–water partition coefficient (Wildman–Crippen LogP) is 0.914. The molecule has 0 saturated heterocycles. The lowest BCUT2D eigenvalue weighted by Crippen LogP contribution is -2.41. The first kappa shape index (κ1) is 11.2. The molecule has 0 aliphatic heterocycles. The molecule has 0 radical (unpaired) electrons. The maximum absolute atomic E-state index is 11.7. The van der Waals surface area contributed by atoms with E-state index in [4.69, 9.17) is 10.3 Å². The van der Waals surface area contributed by atoms with Crippen LogP contribution in [0.5, 0.6) is 0 Å². The van der Waals surface area contributed by atoms with E-state index in [-0.39, 0.29) is 12.2 Å². The lowest BCUT2D eigenvalue weighted by molar-refractivity contribution is 0.0798. The first-order valence-corrected chi connectivity index (χ1v) is 4.61. The van der Waals surface area contributed by atoms with Gasteiger partial charge in [-0.25, -0.2) is 4.79 Å². The van der Waals surface area contributed by atoms with Crippen LogP contribution in [0, 0.1) is 6.92 Å². The van der Waals surface area contributed by atoms with Gasteiger partial charge in [-0.2, -0.15) is 0 Å². The quantitative estimate of drug-likeness (QED) is 0.804. The van der Waals surface area contributed by atoms with E-state index in [2.05, 4.69) is 5.16 Å². The van der Waals surface area contributed by atoms with Crippen LogP contribution in [-0.2, 0) is 0 Å². The van der Waals surface area contributed by atoms with E-state index in [1.807, 2.05) is 6.92 Å². The molecule has 6 nitrogen and oxygen atoms in total. The first-order valence-electron chi connectivity index (χ1n) is 4.61. The van der Waals surface area contributed by atoms with Gasteiger partial charge in [0.25, 0.3) is 5.91 Å². The fraction of sp³-hybridized carbons (Fsp3) is 0.444. The molecule has 0 bridgehead atoms. The lowest BCUT2D eigenvalue weighted by Gasteiger charge is -2.15. The number of rotatable bonds is 3. The predicted molar refractivity (Wildman–Crippen MR) is 52.2 cm³/mol. The fourth-order valence-electron chi connectivity index (χ4n) is 1.14. The van der Waals surface area contributed by atoms with Crippen molar-refractivity contribution >= 4 is 11.9 Å². The highest BCUT2D eigenvalue weighted by Gasteiger charge is 2.22. The monoisotopic (exact) mass is 211 g/mol. The summed E-state index contributed by atoms with van der Waals surface area (Å²) in [6, 6.07) is 0.691. The Balaban J connectivity index is 2.85. The van der Waals surface area contributed by atoms with Gasteiger partial charge in [0, 0.05) is 12.6 Å². The zero-order valence-electron chi connectivity index (χ0n) is 8.69. The normalized spacial score (nSPS) is 10.0. The van der Waals surface area contributed by atoms with Crippen molar-refractivity contribution in [3.8, 4) is 0 Å². The summed E-state index contributed by atoms with van der Waals surface area (Å²) in [6.45, 7) is 3.79. The number of nitrogens with two attached hydrogens (primary N) is 1. The number of urea groups is 1. The second kappa shape index (κ2) is 4.59. The van der Waals surface area contributed by atoms with Gasteiger partial charge in [-0.05, 0) is 13.3 Å². The maximum atomic E-state index is 11.7. The number of aromatic nitrogens is 1. The molecule has 15 heavy (non-hydrogen) atoms. The Hall–Kier alpha value is -1.85. The second-order valence-electron chi connectivity index (χ2n) is 3.12. The minimum atomic E-state index is -0.775. The van der Waals surface area contributed by atoms with Gasteiger partial charge >= 0.3 is 6.03 Å². The van der Waals surface area contributed by atoms with Gasteiger partial charge in [-0.1, -0.05) is 12.1 Å². The van der Waals surface area contributed by atoms with Crippen LogP contribution in [0.4, 0.5) is 4.79 Å². The summed E-state index contributed by atoms with van der Waals surface area (Å²) >= 11 is 0. The van der Waals surface area contributed by atoms with Crippen LogP contribution in [-0.4, -0.2) is 28.5 Å². The van der Waals surface area contributed by atoms with Gasteiger partial charge < -0.3 is 10.3 Å². The van der Waals surface area contributed by atoms with Crippen LogP contribution in [0.2, 0.25) is 0 Å². The molecule has 1 heterocycles. The Labute approximate surface area is 87.0 Å². The number of aryl methyl sites for hydroxylation is 1. The molecule has 0 atom stereocenters. The van der Waals surface area contributed by atoms with Gasteiger partial charge in [0.15, 0.2) is 5.69 Å². The molecular formula is C9H13N3O3. The zero-order valence-corrected chi connectivity index (χ0v) is 8.69. The Bertz CT molecular complexity index is 372. The number of nitrogens with zero attached hydrogens (tertiary/aromatic N) is 2. The number of amides is 3. The van der Waals surface area contributed by atoms with E-state index in [0.29, 0.717) is 12.2 Å². The first-order chi connectivity index (χ1) is 7.06. The van der Waals surface area contributed by atoms with E-state index >= 15 is 0 Å². The Morgan fingerprint density at radius 3 is 2.67 bits per heavy atom. The zero-order chi connectivity index (χ0) is 11.4. The molecule has 0 aliphatic carbocycles.